The summed E-state index contributed by atoms with van der Waals surface area (Å²) in [5, 5.41) is 2.74. The van der Waals surface area contributed by atoms with Crippen LogP contribution >= 0.6 is 0 Å². The summed E-state index contributed by atoms with van der Waals surface area (Å²) in [6, 6.07) is 9.60. The van der Waals surface area contributed by atoms with Gasteiger partial charge in [0.1, 0.15) is 6.61 Å². The van der Waals surface area contributed by atoms with E-state index in [1.165, 1.54) is 0 Å². The predicted molar refractivity (Wildman–Crippen MR) is 72.0 cm³/mol. The Bertz CT molecular complexity index is 352. The monoisotopic (exact) mass is 250 g/mol. The number of carbonyl (C=O) groups excluding carboxylic acids is 1. The van der Waals surface area contributed by atoms with Crippen molar-refractivity contribution >= 4 is 6.09 Å². The van der Waals surface area contributed by atoms with E-state index in [0.717, 1.165) is 5.56 Å². The fourth-order valence-electron chi connectivity index (χ4n) is 1.58. The molecule has 1 rings (SSSR count). The quantitative estimate of drug-likeness (QED) is 0.813. The van der Waals surface area contributed by atoms with Crippen molar-refractivity contribution in [2.75, 3.05) is 13.1 Å². The van der Waals surface area contributed by atoms with Crippen LogP contribution in [0.3, 0.4) is 0 Å². The van der Waals surface area contributed by atoms with Gasteiger partial charge in [0.2, 0.25) is 0 Å². The molecule has 100 valence electrons. The summed E-state index contributed by atoms with van der Waals surface area (Å²) < 4.78 is 5.11. The van der Waals surface area contributed by atoms with Gasteiger partial charge in [0, 0.05) is 6.54 Å². The molecule has 0 radical (unpaired) electrons. The maximum atomic E-state index is 11.5. The number of hydrogen-bond donors (Lipinski definition) is 2. The van der Waals surface area contributed by atoms with Crippen LogP contribution in [0, 0.1) is 11.8 Å². The standard InChI is InChI=1S/C14H22N2O2/c1-11(2)13(8-15)9-16-14(17)18-10-12-6-4-3-5-7-12/h3-7,11,13H,8-10,15H2,1-2H3,(H,16,17). The second-order valence-corrected chi connectivity index (χ2v) is 4.68. The lowest BCUT2D eigenvalue weighted by molar-refractivity contribution is 0.137. The highest BCUT2D eigenvalue weighted by molar-refractivity contribution is 5.67. The smallest absolute Gasteiger partial charge is 0.407 e. The van der Waals surface area contributed by atoms with Crippen molar-refractivity contribution in [3.8, 4) is 0 Å². The van der Waals surface area contributed by atoms with Gasteiger partial charge in [-0.1, -0.05) is 44.2 Å². The van der Waals surface area contributed by atoms with Gasteiger partial charge >= 0.3 is 6.09 Å². The third-order valence-corrected chi connectivity index (χ3v) is 2.97. The lowest BCUT2D eigenvalue weighted by Gasteiger charge is -2.18. The highest BCUT2D eigenvalue weighted by atomic mass is 16.5. The Morgan fingerprint density at radius 2 is 2.00 bits per heavy atom. The number of hydrogen-bond acceptors (Lipinski definition) is 3. The third-order valence-electron chi connectivity index (χ3n) is 2.97. The van der Waals surface area contributed by atoms with Crippen LogP contribution in [0.15, 0.2) is 30.3 Å². The lowest BCUT2D eigenvalue weighted by atomic mass is 9.96. The number of carbonyl (C=O) groups is 1. The van der Waals surface area contributed by atoms with E-state index < -0.39 is 6.09 Å². The first-order valence-electron chi connectivity index (χ1n) is 6.28. The van der Waals surface area contributed by atoms with Crippen LogP contribution in [0.4, 0.5) is 4.79 Å². The summed E-state index contributed by atoms with van der Waals surface area (Å²) in [4.78, 5) is 11.5. The Kier molecular flexibility index (Phi) is 6.22. The van der Waals surface area contributed by atoms with Crippen molar-refractivity contribution in [3.63, 3.8) is 0 Å². The fourth-order valence-corrected chi connectivity index (χ4v) is 1.58. The van der Waals surface area contributed by atoms with E-state index in [1.807, 2.05) is 30.3 Å². The second-order valence-electron chi connectivity index (χ2n) is 4.68. The molecule has 0 spiro atoms. The molecule has 0 fully saturated rings. The molecule has 0 aromatic heterocycles. The summed E-state index contributed by atoms with van der Waals surface area (Å²) >= 11 is 0. The minimum absolute atomic E-state index is 0.286. The highest BCUT2D eigenvalue weighted by Crippen LogP contribution is 2.07. The molecule has 0 heterocycles. The molecule has 0 bridgehead atoms. The summed E-state index contributed by atoms with van der Waals surface area (Å²) in [6.07, 6.45) is -0.391. The molecule has 1 aromatic rings. The maximum Gasteiger partial charge on any atom is 0.407 e. The molecule has 0 aliphatic rings. The zero-order valence-corrected chi connectivity index (χ0v) is 11.1. The van der Waals surface area contributed by atoms with Crippen LogP contribution in [0.5, 0.6) is 0 Å². The van der Waals surface area contributed by atoms with Crippen LogP contribution in [0.2, 0.25) is 0 Å². The largest absolute Gasteiger partial charge is 0.445 e. The van der Waals surface area contributed by atoms with Gasteiger partial charge in [-0.15, -0.1) is 0 Å². The number of rotatable bonds is 6. The zero-order chi connectivity index (χ0) is 13.4. The Morgan fingerprint density at radius 3 is 2.56 bits per heavy atom. The maximum absolute atomic E-state index is 11.5. The predicted octanol–water partition coefficient (Wildman–Crippen LogP) is 2.14. The molecule has 4 nitrogen and oxygen atoms in total. The number of nitrogens with one attached hydrogen (secondary N) is 1. The summed E-state index contributed by atoms with van der Waals surface area (Å²) in [6.45, 7) is 5.60. The molecule has 1 amide bonds. The van der Waals surface area contributed by atoms with E-state index >= 15 is 0 Å². The van der Waals surface area contributed by atoms with Crippen LogP contribution in [0.1, 0.15) is 19.4 Å². The number of amides is 1. The minimum atomic E-state index is -0.391. The normalized spacial score (nSPS) is 12.2. The fraction of sp³-hybridized carbons (Fsp3) is 0.500. The first-order chi connectivity index (χ1) is 8.63. The van der Waals surface area contributed by atoms with E-state index in [9.17, 15) is 4.79 Å². The Balaban J connectivity index is 2.26. The SMILES string of the molecule is CC(C)C(CN)CNC(=O)OCc1ccccc1. The molecular formula is C14H22N2O2. The number of benzene rings is 1. The number of nitrogens with two attached hydrogens (primary N) is 1. The van der Waals surface area contributed by atoms with E-state index in [4.69, 9.17) is 10.5 Å². The van der Waals surface area contributed by atoms with Crippen molar-refractivity contribution < 1.29 is 9.53 Å². The first-order valence-corrected chi connectivity index (χ1v) is 6.28. The van der Waals surface area contributed by atoms with Gasteiger partial charge in [-0.25, -0.2) is 4.79 Å². The molecule has 18 heavy (non-hydrogen) atoms. The zero-order valence-electron chi connectivity index (χ0n) is 11.1. The number of ether oxygens (including phenoxy) is 1. The van der Waals surface area contributed by atoms with Gasteiger partial charge in [0.05, 0.1) is 0 Å². The molecule has 0 saturated heterocycles. The van der Waals surface area contributed by atoms with Gasteiger partial charge in [-0.3, -0.25) is 0 Å². The minimum Gasteiger partial charge on any atom is -0.445 e. The van der Waals surface area contributed by atoms with Crippen molar-refractivity contribution in [2.24, 2.45) is 17.6 Å². The van der Waals surface area contributed by atoms with Crippen molar-refractivity contribution in [3.05, 3.63) is 35.9 Å². The van der Waals surface area contributed by atoms with Gasteiger partial charge in [-0.2, -0.15) is 0 Å². The van der Waals surface area contributed by atoms with E-state index in [-0.39, 0.29) is 5.92 Å². The van der Waals surface area contributed by atoms with E-state index in [0.29, 0.717) is 25.6 Å². The molecule has 1 aromatic carbocycles. The van der Waals surface area contributed by atoms with Crippen LogP contribution in [0.25, 0.3) is 0 Å². The lowest BCUT2D eigenvalue weighted by Crippen LogP contribution is -2.35. The van der Waals surface area contributed by atoms with Crippen molar-refractivity contribution in [2.45, 2.75) is 20.5 Å². The molecule has 0 aliphatic carbocycles. The van der Waals surface area contributed by atoms with Crippen LogP contribution in [-0.2, 0) is 11.3 Å². The average molecular weight is 250 g/mol. The molecule has 1 atom stereocenters. The first kappa shape index (κ1) is 14.5. The van der Waals surface area contributed by atoms with Gasteiger partial charge < -0.3 is 15.8 Å². The van der Waals surface area contributed by atoms with E-state index in [1.54, 1.807) is 0 Å². The van der Waals surface area contributed by atoms with Crippen molar-refractivity contribution in [1.82, 2.24) is 5.32 Å². The number of alkyl carbamates (subject to hydrolysis) is 1. The molecular weight excluding hydrogens is 228 g/mol. The Morgan fingerprint density at radius 1 is 1.33 bits per heavy atom. The third kappa shape index (κ3) is 5.19. The molecule has 3 N–H and O–H groups in total. The van der Waals surface area contributed by atoms with Gasteiger partial charge in [0.15, 0.2) is 0 Å². The molecule has 0 aliphatic heterocycles. The molecule has 0 saturated carbocycles. The van der Waals surface area contributed by atoms with Crippen LogP contribution in [-0.4, -0.2) is 19.2 Å². The average Bonchev–Trinajstić information content (AvgIpc) is 2.38. The Hall–Kier alpha value is -1.55. The van der Waals surface area contributed by atoms with E-state index in [2.05, 4.69) is 19.2 Å². The summed E-state index contributed by atoms with van der Waals surface area (Å²) in [7, 11) is 0. The summed E-state index contributed by atoms with van der Waals surface area (Å²) in [5.41, 5.74) is 6.61. The van der Waals surface area contributed by atoms with Gasteiger partial charge in [0.25, 0.3) is 0 Å². The molecule has 4 heteroatoms. The topological polar surface area (TPSA) is 64.3 Å². The summed E-state index contributed by atoms with van der Waals surface area (Å²) in [5.74, 6) is 0.735. The van der Waals surface area contributed by atoms with Gasteiger partial charge in [-0.05, 0) is 23.9 Å². The second kappa shape index (κ2) is 7.71. The van der Waals surface area contributed by atoms with Crippen LogP contribution < -0.4 is 11.1 Å². The van der Waals surface area contributed by atoms with Crippen molar-refractivity contribution in [1.29, 1.82) is 0 Å². The molecule has 1 unspecified atom stereocenters. The Labute approximate surface area is 109 Å². The highest BCUT2D eigenvalue weighted by Gasteiger charge is 2.13.